The zero-order chi connectivity index (χ0) is 14.2. The minimum Gasteiger partial charge on any atom is -0.466 e. The third-order valence-corrected chi connectivity index (χ3v) is 3.41. The lowest BCUT2D eigenvalue weighted by atomic mass is 10.0. The number of rotatable bonds is 1. The molecule has 1 aromatic heterocycles. The summed E-state index contributed by atoms with van der Waals surface area (Å²) < 4.78 is 44.1. The fourth-order valence-electron chi connectivity index (χ4n) is 2.51. The molecule has 0 saturated carbocycles. The number of alkyl halides is 3. The second kappa shape index (κ2) is 4.90. The first-order valence-corrected chi connectivity index (χ1v) is 6.25. The summed E-state index contributed by atoms with van der Waals surface area (Å²) in [7, 11) is 0. The van der Waals surface area contributed by atoms with Crippen molar-refractivity contribution in [1.82, 2.24) is 4.90 Å². The van der Waals surface area contributed by atoms with E-state index in [0.717, 1.165) is 4.90 Å². The fraction of sp³-hybridized carbons (Fsp3) is 0.615. The number of aryl methyl sites for hydroxylation is 2. The zero-order valence-electron chi connectivity index (χ0n) is 10.9. The summed E-state index contributed by atoms with van der Waals surface area (Å²) in [5.74, 6) is 0.312. The van der Waals surface area contributed by atoms with E-state index in [1.165, 1.54) is 6.07 Å². The van der Waals surface area contributed by atoms with Crippen molar-refractivity contribution < 1.29 is 22.4 Å². The van der Waals surface area contributed by atoms with Crippen molar-refractivity contribution in [1.29, 1.82) is 0 Å². The molecule has 1 atom stereocenters. The number of amides is 1. The molecule has 0 bridgehead atoms. The molecule has 1 saturated heterocycles. The molecular weight excluding hydrogens is 259 g/mol. The van der Waals surface area contributed by atoms with Crippen molar-refractivity contribution >= 4 is 5.91 Å². The van der Waals surface area contributed by atoms with E-state index in [9.17, 15) is 18.0 Å². The van der Waals surface area contributed by atoms with Gasteiger partial charge in [0.05, 0.1) is 5.56 Å². The van der Waals surface area contributed by atoms with Crippen LogP contribution in [0.25, 0.3) is 0 Å². The van der Waals surface area contributed by atoms with Gasteiger partial charge in [0.1, 0.15) is 17.6 Å². The average Bonchev–Trinajstić information content (AvgIpc) is 2.66. The predicted molar refractivity (Wildman–Crippen MR) is 62.9 cm³/mol. The number of likely N-dealkylation sites (tertiary alicyclic amines) is 1. The van der Waals surface area contributed by atoms with E-state index in [0.29, 0.717) is 24.4 Å². The minimum atomic E-state index is -4.37. The zero-order valence-corrected chi connectivity index (χ0v) is 10.9. The van der Waals surface area contributed by atoms with Crippen LogP contribution in [0.3, 0.4) is 0 Å². The molecule has 0 spiro atoms. The first-order valence-electron chi connectivity index (χ1n) is 6.25. The summed E-state index contributed by atoms with van der Waals surface area (Å²) in [5, 5.41) is 0. The number of carbonyl (C=O) groups excluding carboxylic acids is 1. The summed E-state index contributed by atoms with van der Waals surface area (Å²) in [5.41, 5.74) is 0.230. The molecule has 0 N–H and O–H groups in total. The Balaban J connectivity index is 2.28. The predicted octanol–water partition coefficient (Wildman–Crippen LogP) is 3.45. The van der Waals surface area contributed by atoms with Crippen molar-refractivity contribution in [3.05, 3.63) is 23.2 Å². The lowest BCUT2D eigenvalue weighted by molar-refractivity contribution is -0.183. The highest BCUT2D eigenvalue weighted by molar-refractivity contribution is 5.95. The molecule has 106 valence electrons. The molecule has 1 unspecified atom stereocenters. The van der Waals surface area contributed by atoms with Gasteiger partial charge in [-0.2, -0.15) is 13.2 Å². The van der Waals surface area contributed by atoms with Crippen LogP contribution in [0.5, 0.6) is 0 Å². The topological polar surface area (TPSA) is 33.5 Å². The monoisotopic (exact) mass is 275 g/mol. The van der Waals surface area contributed by atoms with Crippen LogP contribution in [0, 0.1) is 13.8 Å². The first-order chi connectivity index (χ1) is 8.80. The Morgan fingerprint density at radius 1 is 1.37 bits per heavy atom. The molecule has 0 radical (unpaired) electrons. The maximum Gasteiger partial charge on any atom is 0.408 e. The number of furan rings is 1. The van der Waals surface area contributed by atoms with E-state index in [1.54, 1.807) is 13.8 Å². The Labute approximate surface area is 109 Å². The van der Waals surface area contributed by atoms with Gasteiger partial charge in [-0.15, -0.1) is 0 Å². The number of carbonyl (C=O) groups is 1. The number of hydrogen-bond donors (Lipinski definition) is 0. The van der Waals surface area contributed by atoms with Gasteiger partial charge in [-0.1, -0.05) is 0 Å². The molecule has 3 nitrogen and oxygen atoms in total. The molecule has 6 heteroatoms. The van der Waals surface area contributed by atoms with Gasteiger partial charge in [0.2, 0.25) is 0 Å². The van der Waals surface area contributed by atoms with Crippen LogP contribution in [0.1, 0.15) is 41.1 Å². The second-order valence-electron chi connectivity index (χ2n) is 4.88. The van der Waals surface area contributed by atoms with E-state index in [-0.39, 0.29) is 18.5 Å². The SMILES string of the molecule is Cc1cc(C(=O)N2CCCCC2C(F)(F)F)c(C)o1. The summed E-state index contributed by atoms with van der Waals surface area (Å²) in [6.07, 6.45) is -3.29. The van der Waals surface area contributed by atoms with Crippen LogP contribution in [-0.2, 0) is 0 Å². The Kier molecular flexibility index (Phi) is 3.60. The Morgan fingerprint density at radius 2 is 2.05 bits per heavy atom. The van der Waals surface area contributed by atoms with E-state index in [4.69, 9.17) is 4.42 Å². The van der Waals surface area contributed by atoms with Crippen LogP contribution in [0.4, 0.5) is 13.2 Å². The van der Waals surface area contributed by atoms with Crippen molar-refractivity contribution in [3.8, 4) is 0 Å². The lowest BCUT2D eigenvalue weighted by Gasteiger charge is -2.36. The molecule has 0 aromatic carbocycles. The smallest absolute Gasteiger partial charge is 0.408 e. The molecule has 1 fully saturated rings. The molecule has 1 amide bonds. The Bertz CT molecular complexity index is 479. The van der Waals surface area contributed by atoms with Gasteiger partial charge in [0, 0.05) is 6.54 Å². The summed E-state index contributed by atoms with van der Waals surface area (Å²) >= 11 is 0. The summed E-state index contributed by atoms with van der Waals surface area (Å²) in [6, 6.07) is -0.178. The van der Waals surface area contributed by atoms with Crippen LogP contribution >= 0.6 is 0 Å². The quantitative estimate of drug-likeness (QED) is 0.786. The van der Waals surface area contributed by atoms with Crippen molar-refractivity contribution in [2.24, 2.45) is 0 Å². The average molecular weight is 275 g/mol. The van der Waals surface area contributed by atoms with Gasteiger partial charge in [0.25, 0.3) is 5.91 Å². The number of hydrogen-bond acceptors (Lipinski definition) is 2. The largest absolute Gasteiger partial charge is 0.466 e. The van der Waals surface area contributed by atoms with Gasteiger partial charge in [0.15, 0.2) is 0 Å². The van der Waals surface area contributed by atoms with Crippen LogP contribution in [0.15, 0.2) is 10.5 Å². The second-order valence-corrected chi connectivity index (χ2v) is 4.88. The number of nitrogens with zero attached hydrogens (tertiary/aromatic N) is 1. The van der Waals surface area contributed by atoms with Crippen LogP contribution in [0.2, 0.25) is 0 Å². The lowest BCUT2D eigenvalue weighted by Crippen LogP contribution is -2.51. The van der Waals surface area contributed by atoms with E-state index < -0.39 is 18.1 Å². The Hall–Kier alpha value is -1.46. The van der Waals surface area contributed by atoms with Crippen molar-refractivity contribution in [3.63, 3.8) is 0 Å². The molecular formula is C13H16F3NO2. The molecule has 2 rings (SSSR count). The summed E-state index contributed by atoms with van der Waals surface area (Å²) in [4.78, 5) is 13.2. The van der Waals surface area contributed by atoms with Crippen molar-refractivity contribution in [2.45, 2.75) is 45.3 Å². The minimum absolute atomic E-state index is 0.0227. The van der Waals surface area contributed by atoms with E-state index in [2.05, 4.69) is 0 Å². The van der Waals surface area contributed by atoms with E-state index in [1.807, 2.05) is 0 Å². The van der Waals surface area contributed by atoms with Crippen LogP contribution in [-0.4, -0.2) is 29.6 Å². The van der Waals surface area contributed by atoms with Gasteiger partial charge < -0.3 is 9.32 Å². The van der Waals surface area contributed by atoms with Crippen molar-refractivity contribution in [2.75, 3.05) is 6.54 Å². The molecule has 1 aliphatic rings. The molecule has 19 heavy (non-hydrogen) atoms. The molecule has 2 heterocycles. The fourth-order valence-corrected chi connectivity index (χ4v) is 2.51. The standard InChI is InChI=1S/C13H16F3NO2/c1-8-7-10(9(2)19-8)12(18)17-6-4-3-5-11(17)13(14,15)16/h7,11H,3-6H2,1-2H3. The molecule has 0 aliphatic carbocycles. The van der Waals surface area contributed by atoms with Gasteiger partial charge >= 0.3 is 6.18 Å². The molecule has 1 aliphatic heterocycles. The highest BCUT2D eigenvalue weighted by Crippen LogP contribution is 2.33. The first kappa shape index (κ1) is 14.0. The third kappa shape index (κ3) is 2.77. The normalized spacial score (nSPS) is 20.7. The van der Waals surface area contributed by atoms with Gasteiger partial charge in [-0.25, -0.2) is 0 Å². The third-order valence-electron chi connectivity index (χ3n) is 3.41. The highest BCUT2D eigenvalue weighted by atomic mass is 19.4. The van der Waals surface area contributed by atoms with Crippen LogP contribution < -0.4 is 0 Å². The van der Waals surface area contributed by atoms with E-state index >= 15 is 0 Å². The van der Waals surface area contributed by atoms with Gasteiger partial charge in [-0.3, -0.25) is 4.79 Å². The number of piperidine rings is 1. The molecule has 1 aromatic rings. The Morgan fingerprint density at radius 3 is 2.58 bits per heavy atom. The summed E-state index contributed by atoms with van der Waals surface area (Å²) in [6.45, 7) is 3.40. The maximum absolute atomic E-state index is 13.0. The maximum atomic E-state index is 13.0. The highest BCUT2D eigenvalue weighted by Gasteiger charge is 2.46. The number of halogens is 3. The van der Waals surface area contributed by atoms with Gasteiger partial charge in [-0.05, 0) is 39.2 Å².